The predicted molar refractivity (Wildman–Crippen MR) is 160 cm³/mol. The zero-order valence-electron chi connectivity index (χ0n) is 24.0. The van der Waals surface area contributed by atoms with Crippen LogP contribution in [0.5, 0.6) is 0 Å². The van der Waals surface area contributed by atoms with Gasteiger partial charge in [0.2, 0.25) is 11.5 Å². The van der Waals surface area contributed by atoms with Crippen molar-refractivity contribution in [2.24, 2.45) is 10.9 Å². The van der Waals surface area contributed by atoms with E-state index < -0.39 is 23.7 Å². The Morgan fingerprint density at radius 2 is 1.76 bits per heavy atom. The van der Waals surface area contributed by atoms with Crippen LogP contribution < -0.4 is 10.9 Å². The summed E-state index contributed by atoms with van der Waals surface area (Å²) >= 11 is 0. The monoisotopic (exact) mass is 599 g/mol. The Balaban J connectivity index is 0.00000405. The van der Waals surface area contributed by atoms with Crippen LogP contribution in [0.25, 0.3) is 11.0 Å². The molecule has 0 bridgehead atoms. The van der Waals surface area contributed by atoms with Crippen molar-refractivity contribution in [2.75, 3.05) is 6.54 Å². The van der Waals surface area contributed by atoms with Gasteiger partial charge in [0.15, 0.2) is 0 Å². The van der Waals surface area contributed by atoms with E-state index in [-0.39, 0.29) is 41.9 Å². The molecule has 2 aromatic carbocycles. The van der Waals surface area contributed by atoms with Crippen LogP contribution in [0.15, 0.2) is 47.5 Å². The van der Waals surface area contributed by atoms with Gasteiger partial charge < -0.3 is 20.0 Å². The number of fused-ring (bicyclic) bond motifs is 1. The molecule has 1 aliphatic heterocycles. The van der Waals surface area contributed by atoms with E-state index in [1.165, 1.54) is 24.3 Å². The molecule has 42 heavy (non-hydrogen) atoms. The van der Waals surface area contributed by atoms with E-state index in [0.29, 0.717) is 18.6 Å². The van der Waals surface area contributed by atoms with Crippen LogP contribution in [0.4, 0.5) is 4.39 Å². The average molecular weight is 600 g/mol. The first-order valence-electron chi connectivity index (χ1n) is 14.5. The van der Waals surface area contributed by atoms with Gasteiger partial charge in [-0.05, 0) is 101 Å². The second-order valence-electron chi connectivity index (χ2n) is 11.6. The Morgan fingerprint density at radius 1 is 1.05 bits per heavy atom. The summed E-state index contributed by atoms with van der Waals surface area (Å²) in [6.07, 6.45) is 5.47. The van der Waals surface area contributed by atoms with Crippen LogP contribution in [0, 0.1) is 11.7 Å². The molecule has 9 nitrogen and oxygen atoms in total. The molecule has 0 radical (unpaired) electrons. The average Bonchev–Trinajstić information content (AvgIpc) is 3.30. The summed E-state index contributed by atoms with van der Waals surface area (Å²) in [6, 6.07) is 10.9. The summed E-state index contributed by atoms with van der Waals surface area (Å²) in [5, 5.41) is 12.8. The minimum absolute atomic E-state index is 0. The van der Waals surface area contributed by atoms with E-state index in [0.717, 1.165) is 61.7 Å². The van der Waals surface area contributed by atoms with Gasteiger partial charge in [0, 0.05) is 30.1 Å². The third-order valence-electron chi connectivity index (χ3n) is 8.24. The van der Waals surface area contributed by atoms with Crippen molar-refractivity contribution in [3.05, 3.63) is 65.0 Å². The molecule has 1 aromatic heterocycles. The van der Waals surface area contributed by atoms with E-state index in [1.807, 2.05) is 30.9 Å². The molecular weight excluding hydrogens is 561 g/mol. The van der Waals surface area contributed by atoms with Crippen LogP contribution in [-0.4, -0.2) is 56.0 Å². The van der Waals surface area contributed by atoms with E-state index in [9.17, 15) is 23.9 Å². The number of carboxylic acid groups (broad SMARTS) is 1. The van der Waals surface area contributed by atoms with Gasteiger partial charge in [0.05, 0.1) is 11.0 Å². The molecule has 1 saturated carbocycles. The lowest BCUT2D eigenvalue weighted by Crippen LogP contribution is -2.44. The zero-order chi connectivity index (χ0) is 29.1. The number of nitrogens with one attached hydrogen (secondary N) is 2. The summed E-state index contributed by atoms with van der Waals surface area (Å²) < 4.78 is 15.5. The highest BCUT2D eigenvalue weighted by Crippen LogP contribution is 2.34. The quantitative estimate of drug-likeness (QED) is 0.354. The number of hydrogen-bond acceptors (Lipinski definition) is 4. The molecule has 1 aliphatic carbocycles. The van der Waals surface area contributed by atoms with Gasteiger partial charge in [-0.3, -0.25) is 19.3 Å². The summed E-state index contributed by atoms with van der Waals surface area (Å²) in [6.45, 7) is 5.16. The number of aliphatic carboxylic acids is 1. The molecule has 1 unspecified atom stereocenters. The Morgan fingerprint density at radius 3 is 2.43 bits per heavy atom. The normalized spacial score (nSPS) is 21.7. The number of nitrogens with zero attached hydrogens (tertiary/aromatic N) is 3. The molecule has 11 heteroatoms. The van der Waals surface area contributed by atoms with Crippen molar-refractivity contribution < 1.29 is 23.9 Å². The van der Waals surface area contributed by atoms with Crippen LogP contribution in [-0.2, 0) is 16.1 Å². The van der Waals surface area contributed by atoms with E-state index >= 15 is 0 Å². The van der Waals surface area contributed by atoms with Crippen LogP contribution in [0.2, 0.25) is 0 Å². The number of piperidine rings is 1. The number of aromatic amines is 1. The molecule has 2 fully saturated rings. The number of halogens is 2. The van der Waals surface area contributed by atoms with Crippen molar-refractivity contribution in [2.45, 2.75) is 83.5 Å². The maximum absolute atomic E-state index is 13.4. The Hall–Kier alpha value is -3.50. The molecule has 2 heterocycles. The van der Waals surface area contributed by atoms with Crippen molar-refractivity contribution in [3.8, 4) is 0 Å². The van der Waals surface area contributed by atoms with Crippen molar-refractivity contribution in [1.29, 1.82) is 0 Å². The molecule has 2 amide bonds. The van der Waals surface area contributed by atoms with Crippen LogP contribution in [0.1, 0.15) is 80.8 Å². The van der Waals surface area contributed by atoms with Gasteiger partial charge >= 0.3 is 5.97 Å². The highest BCUT2D eigenvalue weighted by atomic mass is 35.5. The fraction of sp³-hybridized carbons (Fsp3) is 0.484. The van der Waals surface area contributed by atoms with Crippen molar-refractivity contribution >= 4 is 41.2 Å². The van der Waals surface area contributed by atoms with Gasteiger partial charge in [-0.25, -0.2) is 4.39 Å². The van der Waals surface area contributed by atoms with Crippen molar-refractivity contribution in [3.63, 3.8) is 0 Å². The SMILES string of the molecule is CC(C)NC(=O)C1CCC(n2/c(=N/C(=O)c3ccc(F)cc3)[nH]c3ccc(CN4CCCCC4C(=O)O)cc32)CC1.Cl. The number of carboxylic acids is 1. The lowest BCUT2D eigenvalue weighted by atomic mass is 9.85. The summed E-state index contributed by atoms with van der Waals surface area (Å²) in [4.78, 5) is 47.3. The number of amides is 2. The molecule has 3 aromatic rings. The van der Waals surface area contributed by atoms with E-state index in [4.69, 9.17) is 0 Å². The number of benzene rings is 2. The van der Waals surface area contributed by atoms with Crippen molar-refractivity contribution in [1.82, 2.24) is 19.8 Å². The third-order valence-corrected chi connectivity index (χ3v) is 8.24. The fourth-order valence-corrected chi connectivity index (χ4v) is 6.17. The highest BCUT2D eigenvalue weighted by molar-refractivity contribution is 5.95. The fourth-order valence-electron chi connectivity index (χ4n) is 6.17. The van der Waals surface area contributed by atoms with Gasteiger partial charge in [-0.2, -0.15) is 4.99 Å². The molecule has 5 rings (SSSR count). The van der Waals surface area contributed by atoms with Gasteiger partial charge in [0.1, 0.15) is 11.9 Å². The number of imidazole rings is 1. The number of aromatic nitrogens is 2. The maximum atomic E-state index is 13.4. The highest BCUT2D eigenvalue weighted by Gasteiger charge is 2.30. The lowest BCUT2D eigenvalue weighted by Gasteiger charge is -2.33. The minimum Gasteiger partial charge on any atom is -0.480 e. The Bertz CT molecular complexity index is 1490. The van der Waals surface area contributed by atoms with E-state index in [2.05, 4.69) is 25.9 Å². The smallest absolute Gasteiger partial charge is 0.320 e. The topological polar surface area (TPSA) is 120 Å². The number of hydrogen-bond donors (Lipinski definition) is 3. The second kappa shape index (κ2) is 13.6. The first kappa shape index (κ1) is 31.4. The second-order valence-corrected chi connectivity index (χ2v) is 11.6. The molecule has 1 saturated heterocycles. The summed E-state index contributed by atoms with van der Waals surface area (Å²) in [5.74, 6) is -1.67. The third kappa shape index (κ3) is 7.10. The molecule has 1 atom stereocenters. The number of carbonyl (C=O) groups is 3. The number of H-pyrrole nitrogens is 1. The van der Waals surface area contributed by atoms with Gasteiger partial charge in [-0.15, -0.1) is 12.4 Å². The standard InChI is InChI=1S/C31H38FN5O4.ClH/c1-19(2)33-28(38)22-9-13-24(14-10-22)37-27-17-20(18-36-16-4-3-5-26(36)30(40)41)6-15-25(27)34-31(37)35-29(39)21-7-11-23(32)12-8-21;/h6-8,11-12,15,17,19,22,24,26H,3-5,9-10,13-14,16,18H2,1-2H3,(H,33,38)(H,40,41)(H,34,35,39);1H. The Kier molecular flexibility index (Phi) is 10.2. The zero-order valence-corrected chi connectivity index (χ0v) is 24.8. The first-order chi connectivity index (χ1) is 19.7. The molecule has 226 valence electrons. The number of rotatable bonds is 7. The van der Waals surface area contributed by atoms with Gasteiger partial charge in [-0.1, -0.05) is 12.5 Å². The molecule has 3 N–H and O–H groups in total. The molecule has 0 spiro atoms. The lowest BCUT2D eigenvalue weighted by molar-refractivity contribution is -0.144. The molecular formula is C31H39ClFN5O4. The minimum atomic E-state index is -0.791. The predicted octanol–water partition coefficient (Wildman–Crippen LogP) is 4.97. The van der Waals surface area contributed by atoms with E-state index in [1.54, 1.807) is 0 Å². The first-order valence-corrected chi connectivity index (χ1v) is 14.5. The largest absolute Gasteiger partial charge is 0.480 e. The van der Waals surface area contributed by atoms with Crippen LogP contribution in [0.3, 0.4) is 0 Å². The maximum Gasteiger partial charge on any atom is 0.320 e. The summed E-state index contributed by atoms with van der Waals surface area (Å²) in [7, 11) is 0. The number of carbonyl (C=O) groups excluding carboxylic acids is 2. The molecule has 2 aliphatic rings. The number of likely N-dealkylation sites (tertiary alicyclic amines) is 1. The summed E-state index contributed by atoms with van der Waals surface area (Å²) in [5.41, 5.74) is 3.37. The van der Waals surface area contributed by atoms with Crippen LogP contribution >= 0.6 is 12.4 Å². The van der Waals surface area contributed by atoms with Gasteiger partial charge in [0.25, 0.3) is 5.91 Å². The Labute approximate surface area is 250 Å².